The number of fused-ring (bicyclic) bond motifs is 2. The van der Waals surface area contributed by atoms with Gasteiger partial charge < -0.3 is 4.98 Å². The Bertz CT molecular complexity index is 1510. The molecule has 0 unspecified atom stereocenters. The minimum Gasteiger partial charge on any atom is -0.353 e. The van der Waals surface area contributed by atoms with Crippen LogP contribution >= 0.6 is 0 Å². The Morgan fingerprint density at radius 1 is 0.900 bits per heavy atom. The van der Waals surface area contributed by atoms with Gasteiger partial charge >= 0.3 is 0 Å². The van der Waals surface area contributed by atoms with Crippen LogP contribution < -0.4 is 0 Å². The molecule has 0 aliphatic carbocycles. The molecular weight excluding hydrogens is 376 g/mol. The number of hydrogen-bond donors (Lipinski definition) is 2. The lowest BCUT2D eigenvalue weighted by atomic mass is 10.1. The molecule has 0 radical (unpaired) electrons. The molecule has 1 aromatic carbocycles. The van der Waals surface area contributed by atoms with Crippen LogP contribution in [0.4, 0.5) is 0 Å². The third kappa shape index (κ3) is 2.58. The molecule has 5 aromatic heterocycles. The minimum atomic E-state index is 0.831. The van der Waals surface area contributed by atoms with Gasteiger partial charge in [0.2, 0.25) is 0 Å². The maximum atomic E-state index is 4.58. The first-order valence-corrected chi connectivity index (χ1v) is 9.49. The van der Waals surface area contributed by atoms with Gasteiger partial charge in [-0.3, -0.25) is 9.67 Å². The smallest absolute Gasteiger partial charge is 0.147 e. The predicted octanol–water partition coefficient (Wildman–Crippen LogP) is 4.06. The number of aromatic nitrogens is 8. The number of aromatic amines is 2. The first-order chi connectivity index (χ1) is 14.8. The van der Waals surface area contributed by atoms with Gasteiger partial charge in [-0.25, -0.2) is 19.9 Å². The Morgan fingerprint density at radius 3 is 2.63 bits per heavy atom. The highest BCUT2D eigenvalue weighted by Crippen LogP contribution is 2.32. The summed E-state index contributed by atoms with van der Waals surface area (Å²) < 4.78 is 1.94. The zero-order valence-corrected chi connectivity index (χ0v) is 16.0. The Balaban J connectivity index is 1.52. The first kappa shape index (κ1) is 16.6. The molecule has 0 spiro atoms. The molecule has 0 saturated heterocycles. The van der Waals surface area contributed by atoms with Gasteiger partial charge in [0.15, 0.2) is 0 Å². The van der Waals surface area contributed by atoms with Crippen LogP contribution in [0.5, 0.6) is 0 Å². The largest absolute Gasteiger partial charge is 0.353 e. The van der Waals surface area contributed by atoms with Crippen molar-refractivity contribution in [1.29, 1.82) is 0 Å². The average molecular weight is 392 g/mol. The average Bonchev–Trinajstić information content (AvgIpc) is 3.51. The van der Waals surface area contributed by atoms with E-state index in [1.54, 1.807) is 12.5 Å². The van der Waals surface area contributed by atoms with E-state index in [0.29, 0.717) is 0 Å². The van der Waals surface area contributed by atoms with Gasteiger partial charge in [-0.1, -0.05) is 6.07 Å². The fraction of sp³-hybridized carbons (Fsp3) is 0.0455. The minimum absolute atomic E-state index is 0.831. The van der Waals surface area contributed by atoms with Gasteiger partial charge in [-0.15, -0.1) is 0 Å². The van der Waals surface area contributed by atoms with E-state index >= 15 is 0 Å². The molecule has 0 amide bonds. The third-order valence-electron chi connectivity index (χ3n) is 5.20. The van der Waals surface area contributed by atoms with Crippen molar-refractivity contribution in [3.63, 3.8) is 0 Å². The van der Waals surface area contributed by atoms with E-state index in [-0.39, 0.29) is 0 Å². The van der Waals surface area contributed by atoms with Gasteiger partial charge in [0.05, 0.1) is 22.4 Å². The SMILES string of the molecule is Cc1cn(-c2nccc3[nH]c(-c4n[nH]c5ccc(-c6cncnc6)cc45)cc23)cn1. The molecule has 8 heteroatoms. The molecule has 30 heavy (non-hydrogen) atoms. The second-order valence-corrected chi connectivity index (χ2v) is 7.16. The van der Waals surface area contributed by atoms with Crippen molar-refractivity contribution in [1.82, 2.24) is 39.7 Å². The van der Waals surface area contributed by atoms with E-state index in [0.717, 1.165) is 55.8 Å². The van der Waals surface area contributed by atoms with Crippen molar-refractivity contribution in [3.8, 4) is 28.3 Å². The Morgan fingerprint density at radius 2 is 1.80 bits per heavy atom. The van der Waals surface area contributed by atoms with Gasteiger partial charge in [0, 0.05) is 41.1 Å². The van der Waals surface area contributed by atoms with Crippen LogP contribution in [0.2, 0.25) is 0 Å². The molecule has 2 N–H and O–H groups in total. The Labute approximate surface area is 170 Å². The van der Waals surface area contributed by atoms with Crippen LogP contribution in [0.3, 0.4) is 0 Å². The second kappa shape index (κ2) is 6.35. The summed E-state index contributed by atoms with van der Waals surface area (Å²) in [6.45, 7) is 1.96. The van der Waals surface area contributed by atoms with E-state index in [9.17, 15) is 0 Å². The summed E-state index contributed by atoms with van der Waals surface area (Å²) in [5.41, 5.74) is 6.68. The lowest BCUT2D eigenvalue weighted by Gasteiger charge is -2.01. The van der Waals surface area contributed by atoms with E-state index in [2.05, 4.69) is 47.2 Å². The normalized spacial score (nSPS) is 11.5. The van der Waals surface area contributed by atoms with Gasteiger partial charge in [0.25, 0.3) is 0 Å². The highest BCUT2D eigenvalue weighted by atomic mass is 15.1. The van der Waals surface area contributed by atoms with E-state index in [4.69, 9.17) is 0 Å². The number of benzene rings is 1. The monoisotopic (exact) mass is 392 g/mol. The zero-order valence-electron chi connectivity index (χ0n) is 16.0. The second-order valence-electron chi connectivity index (χ2n) is 7.16. The van der Waals surface area contributed by atoms with Crippen LogP contribution in [0.1, 0.15) is 5.69 Å². The molecular formula is C22H16N8. The standard InChI is InChI=1S/C22H16N8/c1-13-10-30(12-26-13)22-17-7-20(27-18(17)4-5-25-22)21-16-6-14(2-3-19(16)28-29-21)15-8-23-11-24-9-15/h2-12,27H,1H3,(H,28,29). The third-order valence-corrected chi connectivity index (χ3v) is 5.20. The number of hydrogen-bond acceptors (Lipinski definition) is 5. The quantitative estimate of drug-likeness (QED) is 0.473. The number of pyridine rings is 1. The Kier molecular flexibility index (Phi) is 3.51. The summed E-state index contributed by atoms with van der Waals surface area (Å²) in [7, 11) is 0. The summed E-state index contributed by atoms with van der Waals surface area (Å²) >= 11 is 0. The van der Waals surface area contributed by atoms with Crippen molar-refractivity contribution < 1.29 is 0 Å². The van der Waals surface area contributed by atoms with Gasteiger partial charge in [0.1, 0.15) is 24.2 Å². The van der Waals surface area contributed by atoms with Crippen molar-refractivity contribution in [3.05, 3.63) is 73.5 Å². The highest BCUT2D eigenvalue weighted by molar-refractivity contribution is 5.98. The fourth-order valence-corrected chi connectivity index (χ4v) is 3.76. The fourth-order valence-electron chi connectivity index (χ4n) is 3.76. The number of nitrogens with zero attached hydrogens (tertiary/aromatic N) is 6. The lowest BCUT2D eigenvalue weighted by Crippen LogP contribution is -1.94. The van der Waals surface area contributed by atoms with Crippen LogP contribution in [0, 0.1) is 6.92 Å². The number of H-pyrrole nitrogens is 2. The van der Waals surface area contributed by atoms with Crippen LogP contribution in [0.15, 0.2) is 67.8 Å². The first-order valence-electron chi connectivity index (χ1n) is 9.49. The van der Waals surface area contributed by atoms with Gasteiger partial charge in [-0.2, -0.15) is 5.10 Å². The maximum absolute atomic E-state index is 4.58. The van der Waals surface area contributed by atoms with Crippen molar-refractivity contribution >= 4 is 21.8 Å². The number of aryl methyl sites for hydroxylation is 1. The summed E-state index contributed by atoms with van der Waals surface area (Å²) in [4.78, 5) is 20.6. The molecule has 5 heterocycles. The molecule has 0 atom stereocenters. The van der Waals surface area contributed by atoms with E-state index in [1.807, 2.05) is 48.3 Å². The molecule has 6 aromatic rings. The predicted molar refractivity (Wildman–Crippen MR) is 114 cm³/mol. The van der Waals surface area contributed by atoms with E-state index in [1.165, 1.54) is 6.33 Å². The lowest BCUT2D eigenvalue weighted by molar-refractivity contribution is 1.01. The molecule has 0 aliphatic rings. The van der Waals surface area contributed by atoms with Crippen molar-refractivity contribution in [2.24, 2.45) is 0 Å². The summed E-state index contributed by atoms with van der Waals surface area (Å²) in [6.07, 6.45) is 10.7. The number of nitrogens with one attached hydrogen (secondary N) is 2. The number of imidazole rings is 1. The Hall–Kier alpha value is -4.33. The van der Waals surface area contributed by atoms with Crippen LogP contribution in [0.25, 0.3) is 50.1 Å². The van der Waals surface area contributed by atoms with Crippen molar-refractivity contribution in [2.75, 3.05) is 0 Å². The molecule has 0 aliphatic heterocycles. The molecule has 8 nitrogen and oxygen atoms in total. The van der Waals surface area contributed by atoms with Crippen LogP contribution in [-0.2, 0) is 0 Å². The number of rotatable bonds is 3. The zero-order chi connectivity index (χ0) is 20.1. The maximum Gasteiger partial charge on any atom is 0.147 e. The van der Waals surface area contributed by atoms with E-state index < -0.39 is 0 Å². The van der Waals surface area contributed by atoms with Gasteiger partial charge in [-0.05, 0) is 36.8 Å². The summed E-state index contributed by atoms with van der Waals surface area (Å²) in [6, 6.07) is 10.2. The van der Waals surface area contributed by atoms with Crippen LogP contribution in [-0.4, -0.2) is 39.7 Å². The molecule has 0 saturated carbocycles. The molecule has 0 bridgehead atoms. The molecule has 144 valence electrons. The summed E-state index contributed by atoms with van der Waals surface area (Å²) in [5.74, 6) is 0.831. The topological polar surface area (TPSA) is 101 Å². The highest BCUT2D eigenvalue weighted by Gasteiger charge is 2.15. The molecule has 0 fully saturated rings. The molecule has 6 rings (SSSR count). The van der Waals surface area contributed by atoms with Crippen molar-refractivity contribution in [2.45, 2.75) is 6.92 Å². The summed E-state index contributed by atoms with van der Waals surface area (Å²) in [5, 5.41) is 9.73.